The van der Waals surface area contributed by atoms with Gasteiger partial charge in [0.2, 0.25) is 0 Å². The molecule has 4 aliphatic carbocycles. The van der Waals surface area contributed by atoms with E-state index in [4.69, 9.17) is 14.2 Å². The van der Waals surface area contributed by atoms with Crippen molar-refractivity contribution in [1.82, 2.24) is 4.90 Å². The molecular weight excluding hydrogens is 742 g/mol. The van der Waals surface area contributed by atoms with Crippen molar-refractivity contribution >= 4 is 23.7 Å². The summed E-state index contributed by atoms with van der Waals surface area (Å²) in [6.45, 7) is 14.8. The number of rotatable bonds is 9. The molecule has 324 valence electrons. The first-order valence-corrected chi connectivity index (χ1v) is 21.1. The summed E-state index contributed by atoms with van der Waals surface area (Å²) in [6, 6.07) is -0.322. The predicted molar refractivity (Wildman–Crippen MR) is 202 cm³/mol. The lowest BCUT2D eigenvalue weighted by atomic mass is 9.44. The second-order valence-corrected chi connectivity index (χ2v) is 19.7. The summed E-state index contributed by atoms with van der Waals surface area (Å²) in [7, 11) is 0. The van der Waals surface area contributed by atoms with Gasteiger partial charge in [0.15, 0.2) is 11.7 Å². The molecule has 15 heteroatoms. The van der Waals surface area contributed by atoms with Crippen LogP contribution in [0.15, 0.2) is 0 Å². The van der Waals surface area contributed by atoms with Gasteiger partial charge in [-0.25, -0.2) is 4.79 Å². The van der Waals surface area contributed by atoms with Gasteiger partial charge in [-0.2, -0.15) is 0 Å². The molecule has 7 N–H and O–H groups in total. The standard InChI is InChI=1S/C42H67NO14/c1-10-20(3)36(49)57-35-32(48)29-25(18-43-17-19(2)11-12-28(43)40(29,9)52)26-16-41(53)34(42(26,35)54)24(15-21(4)44)33(55-23(6)46)30-31(47)27(13-14-38(30,41)7)56-37(50)39(8,51)22(5)45/h19-20,22,24-35,45,47-48,51-54H,10-18H2,1-9H3/t19-,20+,22?,24?,25-,26?,27-,28?,29?,30-,31-,32+,33?,34+,35?,38-,39?,40+,41?,42?/m0/s1. The average Bonchev–Trinajstić information content (AvgIpc) is 3.36. The highest BCUT2D eigenvalue weighted by Crippen LogP contribution is 2.72. The number of piperidine rings is 2. The number of hydrogen-bond donors (Lipinski definition) is 7. The van der Waals surface area contributed by atoms with E-state index in [1.807, 2.05) is 0 Å². The summed E-state index contributed by atoms with van der Waals surface area (Å²) in [4.78, 5) is 55.5. The maximum Gasteiger partial charge on any atom is 0.340 e. The number of fused-ring (bicyclic) bond motifs is 8. The zero-order valence-corrected chi connectivity index (χ0v) is 35.0. The fourth-order valence-electron chi connectivity index (χ4n) is 12.9. The molecule has 15 nitrogen and oxygen atoms in total. The third kappa shape index (κ3) is 6.69. The lowest BCUT2D eigenvalue weighted by molar-refractivity contribution is -0.315. The molecule has 57 heavy (non-hydrogen) atoms. The molecule has 6 rings (SSSR count). The maximum absolute atomic E-state index is 13.8. The molecule has 2 aliphatic heterocycles. The molecule has 6 aliphatic rings. The van der Waals surface area contributed by atoms with Crippen molar-refractivity contribution < 1.29 is 69.1 Å². The van der Waals surface area contributed by atoms with Crippen LogP contribution in [0.25, 0.3) is 0 Å². The number of aliphatic hydroxyl groups is 7. The van der Waals surface area contributed by atoms with E-state index in [2.05, 4.69) is 11.8 Å². The number of hydrogen-bond acceptors (Lipinski definition) is 15. The number of esters is 3. The van der Waals surface area contributed by atoms with Gasteiger partial charge in [-0.05, 0) is 84.0 Å². The number of carbonyl (C=O) groups is 4. The Hall–Kier alpha value is -2.24. The first kappa shape index (κ1) is 44.3. The van der Waals surface area contributed by atoms with Gasteiger partial charge in [0.05, 0.1) is 35.4 Å². The van der Waals surface area contributed by atoms with Gasteiger partial charge in [-0.3, -0.25) is 14.5 Å². The van der Waals surface area contributed by atoms with Crippen molar-refractivity contribution in [3.63, 3.8) is 0 Å². The van der Waals surface area contributed by atoms with Gasteiger partial charge in [-0.15, -0.1) is 0 Å². The fourth-order valence-corrected chi connectivity index (χ4v) is 12.9. The summed E-state index contributed by atoms with van der Waals surface area (Å²) in [5.74, 6) is -9.54. The van der Waals surface area contributed by atoms with E-state index in [0.717, 1.165) is 20.3 Å². The van der Waals surface area contributed by atoms with E-state index in [1.54, 1.807) is 27.7 Å². The monoisotopic (exact) mass is 809 g/mol. The van der Waals surface area contributed by atoms with Gasteiger partial charge in [0.1, 0.15) is 23.6 Å². The molecule has 6 fully saturated rings. The van der Waals surface area contributed by atoms with Crippen LogP contribution in [-0.2, 0) is 33.4 Å². The molecule has 0 aromatic rings. The molecule has 0 bridgehead atoms. The highest BCUT2D eigenvalue weighted by molar-refractivity contribution is 5.79. The summed E-state index contributed by atoms with van der Waals surface area (Å²) >= 11 is 0. The molecule has 2 saturated heterocycles. The highest BCUT2D eigenvalue weighted by Gasteiger charge is 2.82. The first-order chi connectivity index (χ1) is 26.3. The van der Waals surface area contributed by atoms with Crippen molar-refractivity contribution in [2.45, 2.75) is 172 Å². The van der Waals surface area contributed by atoms with E-state index in [-0.39, 0.29) is 37.5 Å². The minimum absolute atomic E-state index is 0.0404. The minimum Gasteiger partial charge on any atom is -0.462 e. The minimum atomic E-state index is -2.32. The van der Waals surface area contributed by atoms with Crippen LogP contribution in [0.1, 0.15) is 107 Å². The number of ketones is 1. The van der Waals surface area contributed by atoms with Crippen LogP contribution >= 0.6 is 0 Å². The third-order valence-corrected chi connectivity index (χ3v) is 16.2. The summed E-state index contributed by atoms with van der Waals surface area (Å²) in [5, 5.41) is 85.6. The van der Waals surface area contributed by atoms with Crippen molar-refractivity contribution in [3.8, 4) is 0 Å². The molecule has 10 unspecified atom stereocenters. The number of nitrogens with zero attached hydrogens (tertiary/aromatic N) is 1. The Bertz CT molecular complexity index is 1580. The Kier molecular flexibility index (Phi) is 11.7. The SMILES string of the molecule is CC[C@@H](C)C(=O)OC1[C@H](O)C2[C@@H](CN3C[C@@H](C)CCC3[C@@]2(C)O)C2CC3(O)[C@@H](C(CC(C)=O)C(OC(C)=O)[C@@H]4[C@@H](O)[C@@H](OC(=O)C(C)(O)C(C)O)CC[C@@]43C)C12O. The number of ether oxygens (including phenoxy) is 3. The number of Topliss-reactive ketones (excluding diaryl/α,β-unsaturated/α-hetero) is 1. The summed E-state index contributed by atoms with van der Waals surface area (Å²) < 4.78 is 17.9. The van der Waals surface area contributed by atoms with Crippen molar-refractivity contribution in [1.29, 1.82) is 0 Å². The molecule has 20 atom stereocenters. The molecule has 4 saturated carbocycles. The first-order valence-electron chi connectivity index (χ1n) is 21.1. The fraction of sp³-hybridized carbons (Fsp3) is 0.905. The van der Waals surface area contributed by atoms with Gasteiger partial charge < -0.3 is 54.8 Å². The van der Waals surface area contributed by atoms with Gasteiger partial charge in [0.25, 0.3) is 0 Å². The highest BCUT2D eigenvalue weighted by atomic mass is 16.6. The van der Waals surface area contributed by atoms with Gasteiger partial charge in [0, 0.05) is 61.6 Å². The topological polar surface area (TPSA) is 241 Å². The Morgan fingerprint density at radius 1 is 0.930 bits per heavy atom. The third-order valence-electron chi connectivity index (χ3n) is 16.2. The maximum atomic E-state index is 13.8. The Labute approximate surface area is 335 Å². The average molecular weight is 810 g/mol. The largest absolute Gasteiger partial charge is 0.462 e. The van der Waals surface area contributed by atoms with E-state index in [9.17, 15) is 54.9 Å². The van der Waals surface area contributed by atoms with Gasteiger partial charge in [-0.1, -0.05) is 27.7 Å². The smallest absolute Gasteiger partial charge is 0.340 e. The molecule has 0 spiro atoms. The number of carbonyl (C=O) groups excluding carboxylic acids is 4. The zero-order valence-electron chi connectivity index (χ0n) is 35.0. The van der Waals surface area contributed by atoms with E-state index in [1.165, 1.54) is 13.8 Å². The molecular formula is C42H67NO14. The van der Waals surface area contributed by atoms with Crippen LogP contribution in [0.4, 0.5) is 0 Å². The summed E-state index contributed by atoms with van der Waals surface area (Å²) in [6.07, 6.45) is -7.59. The molecule has 2 heterocycles. The Morgan fingerprint density at radius 3 is 2.16 bits per heavy atom. The molecule has 0 aromatic carbocycles. The molecule has 0 aromatic heterocycles. The lowest BCUT2D eigenvalue weighted by Crippen LogP contribution is -2.78. The van der Waals surface area contributed by atoms with Crippen LogP contribution in [0.3, 0.4) is 0 Å². The van der Waals surface area contributed by atoms with E-state index in [0.29, 0.717) is 31.8 Å². The second-order valence-electron chi connectivity index (χ2n) is 19.7. The zero-order chi connectivity index (χ0) is 42.5. The lowest BCUT2D eigenvalue weighted by Gasteiger charge is -2.66. The predicted octanol–water partition coefficient (Wildman–Crippen LogP) is 0.876. The van der Waals surface area contributed by atoms with Crippen LogP contribution in [0.5, 0.6) is 0 Å². The van der Waals surface area contributed by atoms with Crippen LogP contribution in [0.2, 0.25) is 0 Å². The summed E-state index contributed by atoms with van der Waals surface area (Å²) in [5.41, 5.74) is -9.43. The van der Waals surface area contributed by atoms with E-state index < -0.39 is 124 Å². The van der Waals surface area contributed by atoms with Gasteiger partial charge >= 0.3 is 17.9 Å². The van der Waals surface area contributed by atoms with Crippen molar-refractivity contribution in [2.75, 3.05) is 13.1 Å². The van der Waals surface area contributed by atoms with Crippen LogP contribution < -0.4 is 0 Å². The van der Waals surface area contributed by atoms with Crippen molar-refractivity contribution in [2.24, 2.45) is 52.8 Å². The molecule has 0 amide bonds. The Balaban J connectivity index is 1.54. The van der Waals surface area contributed by atoms with E-state index >= 15 is 0 Å². The van der Waals surface area contributed by atoms with Crippen LogP contribution in [0, 0.1) is 52.8 Å². The van der Waals surface area contributed by atoms with Crippen LogP contribution in [-0.4, -0.2) is 142 Å². The second kappa shape index (κ2) is 15.0. The quantitative estimate of drug-likeness (QED) is 0.126. The van der Waals surface area contributed by atoms with Crippen molar-refractivity contribution in [3.05, 3.63) is 0 Å². The molecule has 0 radical (unpaired) electrons. The normalized spacial score (nSPS) is 48.7. The Morgan fingerprint density at radius 2 is 1.58 bits per heavy atom. The number of aliphatic hydroxyl groups excluding tert-OH is 3.